The summed E-state index contributed by atoms with van der Waals surface area (Å²) in [6.07, 6.45) is 2.59. The van der Waals surface area contributed by atoms with Gasteiger partial charge >= 0.3 is 0 Å². The molecule has 2 aromatic rings. The van der Waals surface area contributed by atoms with Crippen LogP contribution in [0.1, 0.15) is 38.9 Å². The Labute approximate surface area is 147 Å². The molecule has 1 aliphatic rings. The third kappa shape index (κ3) is 3.74. The molecule has 1 aromatic heterocycles. The van der Waals surface area contributed by atoms with E-state index in [9.17, 15) is 9.59 Å². The fraction of sp³-hybridized carbons (Fsp3) is 0.526. The molecule has 1 aliphatic heterocycles. The molecule has 2 atom stereocenters. The van der Waals surface area contributed by atoms with Crippen LogP contribution in [0, 0.1) is 5.92 Å². The summed E-state index contributed by atoms with van der Waals surface area (Å²) in [5, 5.41) is 0.562. The average Bonchev–Trinajstić information content (AvgIpc) is 2.65. The molecule has 0 spiro atoms. The van der Waals surface area contributed by atoms with E-state index in [1.54, 1.807) is 11.0 Å². The number of fused-ring (bicyclic) bond motifs is 1. The lowest BCUT2D eigenvalue weighted by atomic mass is 9.91. The van der Waals surface area contributed by atoms with Crippen LogP contribution in [0.3, 0.4) is 0 Å². The van der Waals surface area contributed by atoms with Gasteiger partial charge in [-0.1, -0.05) is 19.1 Å². The lowest BCUT2D eigenvalue weighted by Crippen LogP contribution is -2.43. The van der Waals surface area contributed by atoms with Crippen molar-refractivity contribution in [1.29, 1.82) is 0 Å². The van der Waals surface area contributed by atoms with Gasteiger partial charge < -0.3 is 14.6 Å². The summed E-state index contributed by atoms with van der Waals surface area (Å²) in [5.74, 6) is 0.499. The summed E-state index contributed by atoms with van der Waals surface area (Å²) < 4.78 is 5.76. The van der Waals surface area contributed by atoms with Crippen LogP contribution in [-0.2, 0) is 16.1 Å². The van der Waals surface area contributed by atoms with Crippen molar-refractivity contribution in [2.45, 2.75) is 45.8 Å². The molecule has 2 heterocycles. The standard InChI is InChI=1S/C19H25N3O3/c1-3-16-14(9-7-11-25-16)19(24)22(4-2)12-17-20-15-10-6-5-8-13(15)18(23)21-17/h5-6,8,10,14,16H,3-4,7,9,11-12H2,1-2H3,(H,20,21,23)/t14-,16-/m0/s1. The van der Waals surface area contributed by atoms with E-state index < -0.39 is 0 Å². The van der Waals surface area contributed by atoms with E-state index >= 15 is 0 Å². The Hall–Kier alpha value is -2.21. The molecule has 1 saturated heterocycles. The highest BCUT2D eigenvalue weighted by molar-refractivity contribution is 5.80. The first kappa shape index (κ1) is 17.6. The number of H-pyrrole nitrogens is 1. The van der Waals surface area contributed by atoms with Gasteiger partial charge in [0.25, 0.3) is 5.56 Å². The SMILES string of the molecule is CC[C@@H]1OCCC[C@@H]1C(=O)N(CC)Cc1nc2ccccc2c(=O)[nH]1. The molecule has 6 nitrogen and oxygen atoms in total. The highest BCUT2D eigenvalue weighted by Crippen LogP contribution is 2.25. The molecule has 1 fully saturated rings. The Balaban J connectivity index is 1.82. The van der Waals surface area contributed by atoms with Gasteiger partial charge in [0.2, 0.25) is 5.91 Å². The van der Waals surface area contributed by atoms with Gasteiger partial charge in [-0.3, -0.25) is 9.59 Å². The van der Waals surface area contributed by atoms with Crippen molar-refractivity contribution in [2.75, 3.05) is 13.2 Å². The number of aromatic nitrogens is 2. The van der Waals surface area contributed by atoms with E-state index in [1.165, 1.54) is 0 Å². The highest BCUT2D eigenvalue weighted by Gasteiger charge is 2.33. The first-order chi connectivity index (χ1) is 12.1. The molecule has 1 aromatic carbocycles. The first-order valence-corrected chi connectivity index (χ1v) is 9.02. The zero-order valence-electron chi connectivity index (χ0n) is 14.8. The number of benzene rings is 1. The van der Waals surface area contributed by atoms with Gasteiger partial charge in [-0.25, -0.2) is 4.98 Å². The van der Waals surface area contributed by atoms with Gasteiger partial charge in [-0.05, 0) is 38.3 Å². The summed E-state index contributed by atoms with van der Waals surface area (Å²) in [6.45, 7) is 5.61. The van der Waals surface area contributed by atoms with E-state index in [4.69, 9.17) is 4.74 Å². The maximum atomic E-state index is 13.0. The molecule has 1 amide bonds. The van der Waals surface area contributed by atoms with E-state index in [-0.39, 0.29) is 23.5 Å². The second-order valence-electron chi connectivity index (χ2n) is 6.45. The van der Waals surface area contributed by atoms with E-state index in [0.29, 0.717) is 29.8 Å². The monoisotopic (exact) mass is 343 g/mol. The van der Waals surface area contributed by atoms with Crippen molar-refractivity contribution < 1.29 is 9.53 Å². The van der Waals surface area contributed by atoms with Gasteiger partial charge in [0, 0.05) is 13.2 Å². The second-order valence-corrected chi connectivity index (χ2v) is 6.45. The fourth-order valence-electron chi connectivity index (χ4n) is 3.50. The lowest BCUT2D eigenvalue weighted by molar-refractivity contribution is -0.145. The molecular formula is C19H25N3O3. The number of hydrogen-bond donors (Lipinski definition) is 1. The van der Waals surface area contributed by atoms with E-state index in [0.717, 1.165) is 25.9 Å². The number of para-hydroxylation sites is 1. The molecular weight excluding hydrogens is 318 g/mol. The number of amides is 1. The molecule has 25 heavy (non-hydrogen) atoms. The van der Waals surface area contributed by atoms with Gasteiger partial charge in [-0.15, -0.1) is 0 Å². The van der Waals surface area contributed by atoms with Crippen LogP contribution in [-0.4, -0.2) is 40.0 Å². The number of carbonyl (C=O) groups is 1. The minimum Gasteiger partial charge on any atom is -0.377 e. The largest absolute Gasteiger partial charge is 0.377 e. The van der Waals surface area contributed by atoms with Crippen LogP contribution in [0.4, 0.5) is 0 Å². The van der Waals surface area contributed by atoms with Gasteiger partial charge in [-0.2, -0.15) is 0 Å². The fourth-order valence-corrected chi connectivity index (χ4v) is 3.50. The van der Waals surface area contributed by atoms with Crippen molar-refractivity contribution in [3.63, 3.8) is 0 Å². The number of aromatic amines is 1. The molecule has 134 valence electrons. The van der Waals surface area contributed by atoms with Crippen molar-refractivity contribution in [3.05, 3.63) is 40.4 Å². The Morgan fingerprint density at radius 2 is 2.16 bits per heavy atom. The summed E-state index contributed by atoms with van der Waals surface area (Å²) in [4.78, 5) is 34.3. The van der Waals surface area contributed by atoms with Gasteiger partial charge in [0.1, 0.15) is 5.82 Å². The van der Waals surface area contributed by atoms with Gasteiger partial charge in [0.05, 0.1) is 29.5 Å². The Bertz CT molecular complexity index is 802. The third-order valence-electron chi connectivity index (χ3n) is 4.86. The summed E-state index contributed by atoms with van der Waals surface area (Å²) >= 11 is 0. The number of carbonyl (C=O) groups excluding carboxylic acids is 1. The highest BCUT2D eigenvalue weighted by atomic mass is 16.5. The molecule has 0 aliphatic carbocycles. The van der Waals surface area contributed by atoms with Crippen molar-refractivity contribution in [1.82, 2.24) is 14.9 Å². The average molecular weight is 343 g/mol. The Kier molecular flexibility index (Phi) is 5.48. The van der Waals surface area contributed by atoms with Crippen molar-refractivity contribution in [3.8, 4) is 0 Å². The first-order valence-electron chi connectivity index (χ1n) is 9.02. The number of nitrogens with one attached hydrogen (secondary N) is 1. The van der Waals surface area contributed by atoms with Crippen LogP contribution in [0.25, 0.3) is 10.9 Å². The molecule has 0 radical (unpaired) electrons. The zero-order chi connectivity index (χ0) is 17.8. The molecule has 0 bridgehead atoms. The normalized spacial score (nSPS) is 20.6. The van der Waals surface area contributed by atoms with Crippen molar-refractivity contribution >= 4 is 16.8 Å². The maximum Gasteiger partial charge on any atom is 0.258 e. The predicted octanol–water partition coefficient (Wildman–Crippen LogP) is 2.48. The minimum atomic E-state index is -0.170. The van der Waals surface area contributed by atoms with Crippen LogP contribution in [0.2, 0.25) is 0 Å². The molecule has 3 rings (SSSR count). The van der Waals surface area contributed by atoms with E-state index in [2.05, 4.69) is 16.9 Å². The quantitative estimate of drug-likeness (QED) is 0.905. The zero-order valence-corrected chi connectivity index (χ0v) is 14.8. The number of nitrogens with zero attached hydrogens (tertiary/aromatic N) is 2. The number of rotatable bonds is 5. The van der Waals surface area contributed by atoms with E-state index in [1.807, 2.05) is 25.1 Å². The Morgan fingerprint density at radius 1 is 1.36 bits per heavy atom. The maximum absolute atomic E-state index is 13.0. The number of ether oxygens (including phenoxy) is 1. The third-order valence-corrected chi connectivity index (χ3v) is 4.86. The predicted molar refractivity (Wildman–Crippen MR) is 96.2 cm³/mol. The minimum absolute atomic E-state index is 0.0149. The van der Waals surface area contributed by atoms with Crippen LogP contribution < -0.4 is 5.56 Å². The van der Waals surface area contributed by atoms with Crippen LogP contribution in [0.15, 0.2) is 29.1 Å². The summed E-state index contributed by atoms with van der Waals surface area (Å²) in [7, 11) is 0. The lowest BCUT2D eigenvalue weighted by Gasteiger charge is -2.33. The smallest absolute Gasteiger partial charge is 0.258 e. The summed E-state index contributed by atoms with van der Waals surface area (Å²) in [5.41, 5.74) is 0.480. The molecule has 0 saturated carbocycles. The molecule has 1 N–H and O–H groups in total. The van der Waals surface area contributed by atoms with Crippen LogP contribution >= 0.6 is 0 Å². The topological polar surface area (TPSA) is 75.3 Å². The molecule has 0 unspecified atom stereocenters. The summed E-state index contributed by atoms with van der Waals surface area (Å²) in [6, 6.07) is 7.23. The number of hydrogen-bond acceptors (Lipinski definition) is 4. The molecule has 6 heteroatoms. The Morgan fingerprint density at radius 3 is 2.92 bits per heavy atom. The second kappa shape index (κ2) is 7.78. The van der Waals surface area contributed by atoms with Crippen LogP contribution in [0.5, 0.6) is 0 Å². The van der Waals surface area contributed by atoms with Gasteiger partial charge in [0.15, 0.2) is 0 Å². The van der Waals surface area contributed by atoms with Crippen molar-refractivity contribution in [2.24, 2.45) is 5.92 Å².